The van der Waals surface area contributed by atoms with Gasteiger partial charge in [-0.2, -0.15) is 0 Å². The summed E-state index contributed by atoms with van der Waals surface area (Å²) < 4.78 is 19.3. The van der Waals surface area contributed by atoms with E-state index in [9.17, 15) is 5.11 Å². The lowest BCUT2D eigenvalue weighted by Crippen LogP contribution is -2.67. The molecule has 4 atom stereocenters. The SMILES string of the molecule is C=C1[C@H](O)C[C@H](OC2CCCCO2)[C@H]1CO[Si](c1ccccc1)(c1ccccc1)C(C)(C)C. The van der Waals surface area contributed by atoms with E-state index >= 15 is 0 Å². The molecule has 0 spiro atoms. The molecule has 2 fully saturated rings. The van der Waals surface area contributed by atoms with Crippen LogP contribution in [0.25, 0.3) is 0 Å². The lowest BCUT2D eigenvalue weighted by molar-refractivity contribution is -0.195. The van der Waals surface area contributed by atoms with Gasteiger partial charge < -0.3 is 19.0 Å². The first kappa shape index (κ1) is 24.4. The van der Waals surface area contributed by atoms with E-state index in [-0.39, 0.29) is 23.4 Å². The van der Waals surface area contributed by atoms with E-state index in [2.05, 4.69) is 88.0 Å². The van der Waals surface area contributed by atoms with Crippen molar-refractivity contribution in [3.63, 3.8) is 0 Å². The Bertz CT molecular complexity index is 863. The van der Waals surface area contributed by atoms with Crippen molar-refractivity contribution in [3.8, 4) is 0 Å². The molecule has 178 valence electrons. The molecule has 0 bridgehead atoms. The van der Waals surface area contributed by atoms with E-state index in [0.29, 0.717) is 13.0 Å². The van der Waals surface area contributed by atoms with Crippen molar-refractivity contribution in [1.82, 2.24) is 0 Å². The quantitative estimate of drug-likeness (QED) is 0.485. The van der Waals surface area contributed by atoms with Gasteiger partial charge in [0.05, 0.1) is 12.2 Å². The summed E-state index contributed by atoms with van der Waals surface area (Å²) in [6.45, 7) is 12.3. The average Bonchev–Trinajstić information content (AvgIpc) is 3.08. The van der Waals surface area contributed by atoms with Gasteiger partial charge in [-0.25, -0.2) is 0 Å². The molecule has 2 aromatic carbocycles. The highest BCUT2D eigenvalue weighted by molar-refractivity contribution is 6.99. The fourth-order valence-electron chi connectivity index (χ4n) is 5.38. The summed E-state index contributed by atoms with van der Waals surface area (Å²) in [5.41, 5.74) is 0.814. The van der Waals surface area contributed by atoms with Crippen LogP contribution >= 0.6 is 0 Å². The van der Waals surface area contributed by atoms with Crippen LogP contribution in [0.3, 0.4) is 0 Å². The van der Waals surface area contributed by atoms with Crippen LogP contribution in [0.5, 0.6) is 0 Å². The molecule has 4 nitrogen and oxygen atoms in total. The molecule has 1 saturated carbocycles. The first-order valence-corrected chi connectivity index (χ1v) is 14.1. The zero-order valence-electron chi connectivity index (χ0n) is 20.2. The van der Waals surface area contributed by atoms with Gasteiger partial charge in [-0.3, -0.25) is 0 Å². The van der Waals surface area contributed by atoms with E-state index in [1.54, 1.807) is 0 Å². The zero-order valence-corrected chi connectivity index (χ0v) is 21.2. The third-order valence-electron chi connectivity index (χ3n) is 7.17. The largest absolute Gasteiger partial charge is 0.407 e. The number of hydrogen-bond donors (Lipinski definition) is 1. The number of ether oxygens (including phenoxy) is 2. The minimum absolute atomic E-state index is 0.0628. The Morgan fingerprint density at radius 2 is 1.61 bits per heavy atom. The van der Waals surface area contributed by atoms with Crippen molar-refractivity contribution in [2.75, 3.05) is 13.2 Å². The third kappa shape index (κ3) is 5.03. The summed E-state index contributed by atoms with van der Waals surface area (Å²) in [4.78, 5) is 0. The van der Waals surface area contributed by atoms with Crippen LogP contribution in [-0.4, -0.2) is 45.1 Å². The van der Waals surface area contributed by atoms with E-state index < -0.39 is 14.4 Å². The van der Waals surface area contributed by atoms with Crippen molar-refractivity contribution in [1.29, 1.82) is 0 Å². The van der Waals surface area contributed by atoms with Crippen molar-refractivity contribution >= 4 is 18.7 Å². The van der Waals surface area contributed by atoms with E-state index in [4.69, 9.17) is 13.9 Å². The fraction of sp³-hybridized carbons (Fsp3) is 0.500. The molecular weight excluding hydrogens is 428 g/mol. The highest BCUT2D eigenvalue weighted by Gasteiger charge is 2.51. The van der Waals surface area contributed by atoms with Crippen molar-refractivity contribution < 1.29 is 19.0 Å². The van der Waals surface area contributed by atoms with Gasteiger partial charge in [0, 0.05) is 25.6 Å². The van der Waals surface area contributed by atoms with Crippen LogP contribution in [0.4, 0.5) is 0 Å². The summed E-state index contributed by atoms with van der Waals surface area (Å²) in [6.07, 6.45) is 2.75. The Hall–Kier alpha value is -1.76. The Morgan fingerprint density at radius 1 is 1.00 bits per heavy atom. The topological polar surface area (TPSA) is 47.9 Å². The van der Waals surface area contributed by atoms with Crippen LogP contribution in [-0.2, 0) is 13.9 Å². The smallest absolute Gasteiger partial charge is 0.261 e. The van der Waals surface area contributed by atoms with Crippen molar-refractivity contribution in [3.05, 3.63) is 72.8 Å². The molecule has 0 radical (unpaired) electrons. The lowest BCUT2D eigenvalue weighted by Gasteiger charge is -2.44. The van der Waals surface area contributed by atoms with Crippen LogP contribution in [0.1, 0.15) is 46.5 Å². The van der Waals surface area contributed by atoms with Crippen molar-refractivity contribution in [2.24, 2.45) is 5.92 Å². The highest BCUT2D eigenvalue weighted by Crippen LogP contribution is 2.40. The number of aliphatic hydroxyl groups is 1. The Labute approximate surface area is 199 Å². The second-order valence-corrected chi connectivity index (χ2v) is 14.7. The minimum Gasteiger partial charge on any atom is -0.407 e. The fourth-order valence-corrected chi connectivity index (χ4v) is 9.96. The second-order valence-electron chi connectivity index (χ2n) is 10.4. The van der Waals surface area contributed by atoms with Crippen LogP contribution in [0.2, 0.25) is 5.04 Å². The predicted octanol–water partition coefficient (Wildman–Crippen LogP) is 4.41. The molecule has 1 unspecified atom stereocenters. The molecule has 2 aromatic rings. The highest BCUT2D eigenvalue weighted by atomic mass is 28.4. The number of benzene rings is 2. The average molecular weight is 467 g/mol. The van der Waals surface area contributed by atoms with Gasteiger partial charge in [0.25, 0.3) is 8.32 Å². The molecule has 4 rings (SSSR count). The maximum absolute atomic E-state index is 10.6. The van der Waals surface area contributed by atoms with Gasteiger partial charge in [0.2, 0.25) is 0 Å². The third-order valence-corrected chi connectivity index (χ3v) is 12.2. The van der Waals surface area contributed by atoms with Gasteiger partial charge in [-0.1, -0.05) is 88.0 Å². The summed E-state index contributed by atoms with van der Waals surface area (Å²) >= 11 is 0. The first-order chi connectivity index (χ1) is 15.8. The second kappa shape index (κ2) is 10.2. The van der Waals surface area contributed by atoms with Crippen molar-refractivity contribution in [2.45, 2.75) is 70.0 Å². The summed E-state index contributed by atoms with van der Waals surface area (Å²) in [6, 6.07) is 21.3. The minimum atomic E-state index is -2.66. The lowest BCUT2D eigenvalue weighted by atomic mass is 10.0. The Morgan fingerprint density at radius 3 is 2.12 bits per heavy atom. The summed E-state index contributed by atoms with van der Waals surface area (Å²) in [7, 11) is -2.66. The predicted molar refractivity (Wildman–Crippen MR) is 135 cm³/mol. The molecule has 1 aliphatic carbocycles. The van der Waals surface area contributed by atoms with Crippen LogP contribution < -0.4 is 10.4 Å². The molecule has 1 saturated heterocycles. The molecule has 5 heteroatoms. The van der Waals surface area contributed by atoms with Gasteiger partial charge in [0.1, 0.15) is 0 Å². The van der Waals surface area contributed by atoms with Gasteiger partial charge >= 0.3 is 0 Å². The van der Waals surface area contributed by atoms with E-state index in [1.165, 1.54) is 10.4 Å². The number of hydrogen-bond acceptors (Lipinski definition) is 4. The van der Waals surface area contributed by atoms with E-state index in [0.717, 1.165) is 31.4 Å². The maximum Gasteiger partial charge on any atom is 0.261 e. The molecule has 0 amide bonds. The van der Waals surface area contributed by atoms with E-state index in [1.807, 2.05) is 0 Å². The van der Waals surface area contributed by atoms with Gasteiger partial charge in [0.15, 0.2) is 6.29 Å². The molecule has 1 aliphatic heterocycles. The molecular formula is C28H38O4Si. The molecule has 0 aromatic heterocycles. The van der Waals surface area contributed by atoms with Gasteiger partial charge in [-0.05, 0) is 40.2 Å². The Balaban J connectivity index is 1.65. The molecule has 1 N–H and O–H groups in total. The maximum atomic E-state index is 10.6. The molecule has 2 aliphatic rings. The summed E-state index contributed by atoms with van der Waals surface area (Å²) in [5.74, 6) is -0.0628. The van der Waals surface area contributed by atoms with Crippen LogP contribution in [0.15, 0.2) is 72.8 Å². The number of aliphatic hydroxyl groups excluding tert-OH is 1. The molecule has 1 heterocycles. The summed E-state index contributed by atoms with van der Waals surface area (Å²) in [5, 5.41) is 13.0. The number of rotatable bonds is 7. The molecule has 33 heavy (non-hydrogen) atoms. The zero-order chi connectivity index (χ0) is 23.5. The van der Waals surface area contributed by atoms with Gasteiger partial charge in [-0.15, -0.1) is 0 Å². The standard InChI is InChI=1S/C28H38O4Si/c1-21-24(26(19-25(21)29)32-27-17-11-12-18-30-27)20-31-33(28(2,3)4,22-13-7-5-8-14-22)23-15-9-6-10-16-23/h5-10,13-16,24-27,29H,1,11-12,17-20H2,2-4H3/t24-,25+,26-,27?/m0/s1. The monoisotopic (exact) mass is 466 g/mol. The van der Waals surface area contributed by atoms with Crippen LogP contribution in [0, 0.1) is 5.92 Å². The Kier molecular flexibility index (Phi) is 7.56. The first-order valence-electron chi connectivity index (χ1n) is 12.2. The normalized spacial score (nSPS) is 26.5.